The van der Waals surface area contributed by atoms with Crippen LogP contribution in [0, 0.1) is 0 Å². The number of benzene rings is 1. The van der Waals surface area contributed by atoms with Crippen molar-refractivity contribution in [2.24, 2.45) is 0 Å². The molecule has 0 aliphatic carbocycles. The van der Waals surface area contributed by atoms with Crippen molar-refractivity contribution in [1.29, 1.82) is 0 Å². The summed E-state index contributed by atoms with van der Waals surface area (Å²) in [6.45, 7) is 0.870. The predicted octanol–water partition coefficient (Wildman–Crippen LogP) is 0.966. The lowest BCUT2D eigenvalue weighted by Crippen LogP contribution is -2.18. The molecule has 0 saturated heterocycles. The maximum Gasteiger partial charge on any atom is 0.306 e. The Balaban J connectivity index is 2.29. The quantitative estimate of drug-likeness (QED) is 0.799. The molecule has 2 N–H and O–H groups in total. The Morgan fingerprint density at radius 1 is 1.38 bits per heavy atom. The number of rotatable bonds is 3. The van der Waals surface area contributed by atoms with Crippen molar-refractivity contribution in [2.45, 2.75) is 12.5 Å². The van der Waals surface area contributed by atoms with E-state index in [-0.39, 0.29) is 6.42 Å². The van der Waals surface area contributed by atoms with Gasteiger partial charge in [-0.1, -0.05) is 12.1 Å². The second-order valence-corrected chi connectivity index (χ2v) is 3.49. The number of carbonyl (C=O) groups is 1. The average Bonchev–Trinajstić information content (AvgIpc) is 2.27. The first-order chi connectivity index (χ1) is 7.68. The first kappa shape index (κ1) is 10.8. The van der Waals surface area contributed by atoms with Crippen molar-refractivity contribution in [3.63, 3.8) is 0 Å². The number of aliphatic hydroxyl groups excluding tert-OH is 1. The van der Waals surface area contributed by atoms with Gasteiger partial charge in [0.15, 0.2) is 11.5 Å². The van der Waals surface area contributed by atoms with Gasteiger partial charge in [0, 0.05) is 5.56 Å². The number of para-hydroxylation sites is 1. The molecule has 1 heterocycles. The molecule has 1 atom stereocenters. The normalized spacial score (nSPS) is 15.6. The van der Waals surface area contributed by atoms with E-state index >= 15 is 0 Å². The molecule has 5 heteroatoms. The van der Waals surface area contributed by atoms with Gasteiger partial charge in [0.25, 0.3) is 0 Å². The molecule has 1 aliphatic rings. The summed E-state index contributed by atoms with van der Waals surface area (Å²) in [6.07, 6.45) is -1.42. The minimum absolute atomic E-state index is 0.347. The Kier molecular flexibility index (Phi) is 2.96. The zero-order valence-electron chi connectivity index (χ0n) is 8.55. The monoisotopic (exact) mass is 224 g/mol. The van der Waals surface area contributed by atoms with Crippen molar-refractivity contribution >= 4 is 5.97 Å². The average molecular weight is 224 g/mol. The molecule has 0 aromatic heterocycles. The minimum atomic E-state index is -1.07. The second-order valence-electron chi connectivity index (χ2n) is 3.49. The van der Waals surface area contributed by atoms with E-state index in [9.17, 15) is 9.90 Å². The summed E-state index contributed by atoms with van der Waals surface area (Å²) in [5.41, 5.74) is 0.458. The van der Waals surface area contributed by atoms with Crippen LogP contribution in [0.15, 0.2) is 18.2 Å². The van der Waals surface area contributed by atoms with E-state index < -0.39 is 12.1 Å². The summed E-state index contributed by atoms with van der Waals surface area (Å²) in [6, 6.07) is 5.07. The largest absolute Gasteiger partial charge is 0.486 e. The maximum atomic E-state index is 10.5. The lowest BCUT2D eigenvalue weighted by molar-refractivity contribution is -0.139. The highest BCUT2D eigenvalue weighted by molar-refractivity contribution is 5.68. The Morgan fingerprint density at radius 2 is 2.12 bits per heavy atom. The molecular formula is C11H12O5. The van der Waals surface area contributed by atoms with Gasteiger partial charge in [0.2, 0.25) is 0 Å². The molecule has 0 bridgehead atoms. The van der Waals surface area contributed by atoms with Crippen LogP contribution in [0.2, 0.25) is 0 Å². The van der Waals surface area contributed by atoms with E-state index in [0.717, 1.165) is 0 Å². The molecule has 0 saturated carbocycles. The molecule has 1 aromatic carbocycles. The van der Waals surface area contributed by atoms with Crippen molar-refractivity contribution in [3.8, 4) is 11.5 Å². The zero-order valence-corrected chi connectivity index (χ0v) is 8.55. The number of hydrogen-bond donors (Lipinski definition) is 2. The Morgan fingerprint density at radius 3 is 2.88 bits per heavy atom. The summed E-state index contributed by atoms with van der Waals surface area (Å²) in [7, 11) is 0. The van der Waals surface area contributed by atoms with Crippen LogP contribution in [0.3, 0.4) is 0 Å². The third kappa shape index (κ3) is 2.09. The summed E-state index contributed by atoms with van der Waals surface area (Å²) < 4.78 is 10.7. The van der Waals surface area contributed by atoms with Crippen LogP contribution in [0.1, 0.15) is 18.1 Å². The SMILES string of the molecule is O=C(O)CC(O)c1cccc2c1OCCO2. The van der Waals surface area contributed by atoms with E-state index in [1.165, 1.54) is 0 Å². The van der Waals surface area contributed by atoms with Gasteiger partial charge in [-0.05, 0) is 6.07 Å². The molecule has 1 aromatic rings. The van der Waals surface area contributed by atoms with Crippen LogP contribution in [0.5, 0.6) is 11.5 Å². The molecule has 0 fully saturated rings. The van der Waals surface area contributed by atoms with Crippen molar-refractivity contribution in [3.05, 3.63) is 23.8 Å². The van der Waals surface area contributed by atoms with E-state index in [4.69, 9.17) is 14.6 Å². The van der Waals surface area contributed by atoms with Crippen molar-refractivity contribution in [2.75, 3.05) is 13.2 Å². The topological polar surface area (TPSA) is 76.0 Å². The molecule has 1 aliphatic heterocycles. The van der Waals surface area contributed by atoms with Crippen molar-refractivity contribution < 1.29 is 24.5 Å². The highest BCUT2D eigenvalue weighted by atomic mass is 16.6. The number of hydrogen-bond acceptors (Lipinski definition) is 4. The number of carboxylic acids is 1. The fourth-order valence-corrected chi connectivity index (χ4v) is 1.63. The molecular weight excluding hydrogens is 212 g/mol. The summed E-state index contributed by atoms with van der Waals surface area (Å²) in [5, 5.41) is 18.3. The first-order valence-electron chi connectivity index (χ1n) is 4.97. The standard InChI is InChI=1S/C11H12O5/c12-8(6-10(13)14)7-2-1-3-9-11(7)16-5-4-15-9/h1-3,8,12H,4-6H2,(H,13,14). The summed E-state index contributed by atoms with van der Waals surface area (Å²) >= 11 is 0. The zero-order chi connectivity index (χ0) is 11.5. The van der Waals surface area contributed by atoms with Gasteiger partial charge < -0.3 is 19.7 Å². The lowest BCUT2D eigenvalue weighted by Gasteiger charge is -2.22. The molecule has 0 radical (unpaired) electrons. The van der Waals surface area contributed by atoms with Gasteiger partial charge in [-0.25, -0.2) is 0 Å². The third-order valence-corrected chi connectivity index (χ3v) is 2.32. The Bertz CT molecular complexity index is 401. The van der Waals surface area contributed by atoms with Crippen molar-refractivity contribution in [1.82, 2.24) is 0 Å². The van der Waals surface area contributed by atoms with Crippen LogP contribution < -0.4 is 9.47 Å². The van der Waals surface area contributed by atoms with Crippen LogP contribution in [0.25, 0.3) is 0 Å². The fraction of sp³-hybridized carbons (Fsp3) is 0.364. The Labute approximate surface area is 92.2 Å². The van der Waals surface area contributed by atoms with Gasteiger partial charge in [-0.2, -0.15) is 0 Å². The fourth-order valence-electron chi connectivity index (χ4n) is 1.63. The second kappa shape index (κ2) is 4.40. The van der Waals surface area contributed by atoms with Gasteiger partial charge in [-0.3, -0.25) is 4.79 Å². The number of aliphatic hydroxyl groups is 1. The molecule has 5 nitrogen and oxygen atoms in total. The highest BCUT2D eigenvalue weighted by Crippen LogP contribution is 2.37. The van der Waals surface area contributed by atoms with Crippen LogP contribution in [-0.2, 0) is 4.79 Å². The molecule has 0 amide bonds. The highest BCUT2D eigenvalue weighted by Gasteiger charge is 2.22. The minimum Gasteiger partial charge on any atom is -0.486 e. The first-order valence-corrected chi connectivity index (χ1v) is 4.97. The van der Waals surface area contributed by atoms with Gasteiger partial charge in [-0.15, -0.1) is 0 Å². The van der Waals surface area contributed by atoms with Crippen LogP contribution >= 0.6 is 0 Å². The van der Waals surface area contributed by atoms with E-state index in [0.29, 0.717) is 30.3 Å². The molecule has 0 spiro atoms. The predicted molar refractivity (Wildman–Crippen MR) is 54.6 cm³/mol. The van der Waals surface area contributed by atoms with E-state index in [1.807, 2.05) is 0 Å². The van der Waals surface area contributed by atoms with Crippen LogP contribution in [-0.4, -0.2) is 29.4 Å². The molecule has 2 rings (SSSR count). The van der Waals surface area contributed by atoms with E-state index in [2.05, 4.69) is 0 Å². The molecule has 1 unspecified atom stereocenters. The Hall–Kier alpha value is -1.75. The number of aliphatic carboxylic acids is 1. The maximum absolute atomic E-state index is 10.5. The third-order valence-electron chi connectivity index (χ3n) is 2.32. The lowest BCUT2D eigenvalue weighted by atomic mass is 10.0. The molecule has 16 heavy (non-hydrogen) atoms. The van der Waals surface area contributed by atoms with E-state index in [1.54, 1.807) is 18.2 Å². The van der Waals surface area contributed by atoms with Gasteiger partial charge in [0.05, 0.1) is 12.5 Å². The number of carboxylic acid groups (broad SMARTS) is 1. The summed E-state index contributed by atoms with van der Waals surface area (Å²) in [4.78, 5) is 10.5. The van der Waals surface area contributed by atoms with Gasteiger partial charge >= 0.3 is 5.97 Å². The number of fused-ring (bicyclic) bond motifs is 1. The molecule has 86 valence electrons. The number of ether oxygens (including phenoxy) is 2. The summed E-state index contributed by atoms with van der Waals surface area (Å²) in [5.74, 6) is -0.0579. The van der Waals surface area contributed by atoms with Crippen LogP contribution in [0.4, 0.5) is 0 Å². The smallest absolute Gasteiger partial charge is 0.306 e. The van der Waals surface area contributed by atoms with Gasteiger partial charge in [0.1, 0.15) is 13.2 Å².